The second kappa shape index (κ2) is 8.93. The number of rotatable bonds is 4. The fraction of sp³-hybridized carbons (Fsp3) is 0.760. The van der Waals surface area contributed by atoms with Crippen molar-refractivity contribution in [3.63, 3.8) is 0 Å². The molecule has 2 aliphatic heterocycles. The molecule has 0 amide bonds. The monoisotopic (exact) mass is 496 g/mol. The standard InChI is InChI=1S/C25H36O10/c1-5-24(4)10-7-12-14(19(24)30)20(31)35-25(12)9-6-8-23(2,3)18(25)21(32)34-22-17(29)16(28)15(27)13(11-26)33-22/h5,13,15-19,22,26-30H,1,6-11H2,2-4H3/t13-,15-,16+,17-,18+,19+,22+,24+,25-/m1/s1. The summed E-state index contributed by atoms with van der Waals surface area (Å²) in [5, 5.41) is 51.0. The van der Waals surface area contributed by atoms with Gasteiger partial charge in [0.05, 0.1) is 18.3 Å². The molecule has 10 nitrogen and oxygen atoms in total. The van der Waals surface area contributed by atoms with E-state index >= 15 is 0 Å². The summed E-state index contributed by atoms with van der Waals surface area (Å²) in [6.45, 7) is 8.71. The van der Waals surface area contributed by atoms with Crippen molar-refractivity contribution in [1.29, 1.82) is 0 Å². The molecule has 0 aromatic carbocycles. The third kappa shape index (κ3) is 3.95. The van der Waals surface area contributed by atoms with Crippen molar-refractivity contribution >= 4 is 11.9 Å². The van der Waals surface area contributed by atoms with E-state index in [1.54, 1.807) is 6.08 Å². The van der Waals surface area contributed by atoms with E-state index in [1.807, 2.05) is 20.8 Å². The molecule has 0 aromatic heterocycles. The minimum atomic E-state index is -1.75. The van der Waals surface area contributed by atoms with Gasteiger partial charge >= 0.3 is 11.9 Å². The number of hydrogen-bond donors (Lipinski definition) is 5. The van der Waals surface area contributed by atoms with E-state index < -0.39 is 77.7 Å². The summed E-state index contributed by atoms with van der Waals surface area (Å²) >= 11 is 0. The van der Waals surface area contributed by atoms with Gasteiger partial charge in [0.25, 0.3) is 0 Å². The summed E-state index contributed by atoms with van der Waals surface area (Å²) in [7, 11) is 0. The zero-order chi connectivity index (χ0) is 25.9. The van der Waals surface area contributed by atoms with Crippen molar-refractivity contribution in [1.82, 2.24) is 0 Å². The lowest BCUT2D eigenvalue weighted by Crippen LogP contribution is -2.61. The van der Waals surface area contributed by atoms with Crippen LogP contribution in [0.4, 0.5) is 0 Å². The Morgan fingerprint density at radius 2 is 1.80 bits per heavy atom. The summed E-state index contributed by atoms with van der Waals surface area (Å²) in [6, 6.07) is 0. The van der Waals surface area contributed by atoms with Crippen LogP contribution in [-0.4, -0.2) is 86.5 Å². The zero-order valence-electron chi connectivity index (χ0n) is 20.3. The molecule has 196 valence electrons. The second-order valence-corrected chi connectivity index (χ2v) is 11.2. The summed E-state index contributed by atoms with van der Waals surface area (Å²) in [4.78, 5) is 26.8. The molecule has 1 saturated carbocycles. The van der Waals surface area contributed by atoms with Crippen molar-refractivity contribution < 1.29 is 49.3 Å². The van der Waals surface area contributed by atoms with Gasteiger partial charge in [0.2, 0.25) is 6.29 Å². The van der Waals surface area contributed by atoms with Crippen LogP contribution in [0.5, 0.6) is 0 Å². The van der Waals surface area contributed by atoms with Gasteiger partial charge in [0.15, 0.2) is 0 Å². The lowest BCUT2D eigenvalue weighted by Gasteiger charge is -2.50. The first-order valence-corrected chi connectivity index (χ1v) is 12.1. The van der Waals surface area contributed by atoms with Crippen LogP contribution in [0.2, 0.25) is 0 Å². The third-order valence-electron chi connectivity index (χ3n) is 8.54. The maximum atomic E-state index is 13.7. The molecule has 0 aromatic rings. The van der Waals surface area contributed by atoms with Crippen molar-refractivity contribution in [2.75, 3.05) is 6.61 Å². The van der Waals surface area contributed by atoms with Crippen LogP contribution in [0, 0.1) is 16.7 Å². The van der Waals surface area contributed by atoms with Gasteiger partial charge in [-0.2, -0.15) is 0 Å². The first-order valence-electron chi connectivity index (χ1n) is 12.1. The summed E-state index contributed by atoms with van der Waals surface area (Å²) in [6.07, 6.45) is -4.77. The van der Waals surface area contributed by atoms with Crippen molar-refractivity contribution in [3.8, 4) is 0 Å². The second-order valence-electron chi connectivity index (χ2n) is 11.2. The van der Waals surface area contributed by atoms with E-state index in [0.29, 0.717) is 37.7 Å². The highest BCUT2D eigenvalue weighted by atomic mass is 16.7. The highest BCUT2D eigenvalue weighted by Crippen LogP contribution is 2.59. The number of hydrogen-bond acceptors (Lipinski definition) is 10. The van der Waals surface area contributed by atoms with Crippen LogP contribution < -0.4 is 0 Å². The van der Waals surface area contributed by atoms with Gasteiger partial charge in [-0.15, -0.1) is 6.58 Å². The molecular weight excluding hydrogens is 460 g/mol. The van der Waals surface area contributed by atoms with Gasteiger partial charge in [-0.1, -0.05) is 26.8 Å². The Balaban J connectivity index is 1.70. The van der Waals surface area contributed by atoms with Crippen LogP contribution in [0.15, 0.2) is 23.8 Å². The van der Waals surface area contributed by atoms with Crippen LogP contribution in [-0.2, 0) is 23.8 Å². The van der Waals surface area contributed by atoms with E-state index in [2.05, 4.69) is 6.58 Å². The molecule has 35 heavy (non-hydrogen) atoms. The highest BCUT2D eigenvalue weighted by molar-refractivity contribution is 5.96. The maximum Gasteiger partial charge on any atom is 0.337 e. The van der Waals surface area contributed by atoms with Gasteiger partial charge < -0.3 is 39.7 Å². The Kier molecular flexibility index (Phi) is 6.70. The molecule has 1 saturated heterocycles. The highest BCUT2D eigenvalue weighted by Gasteiger charge is 2.64. The number of carbonyl (C=O) groups is 2. The molecular formula is C25H36O10. The van der Waals surface area contributed by atoms with E-state index in [0.717, 1.165) is 0 Å². The molecule has 1 spiro atoms. The van der Waals surface area contributed by atoms with Crippen LogP contribution in [0.3, 0.4) is 0 Å². The molecule has 2 heterocycles. The Morgan fingerprint density at radius 3 is 2.43 bits per heavy atom. The SMILES string of the molecule is C=C[C@@]1(C)CCC2=C(C(=O)O[C@]23CCCC(C)(C)[C@@H]3C(=O)O[C@@H]2O[C@H](CO)[C@@H](O)[C@H](O)[C@H]2O)[C@@H]1O. The number of ether oxygens (including phenoxy) is 3. The molecule has 4 aliphatic rings. The van der Waals surface area contributed by atoms with Crippen molar-refractivity contribution in [3.05, 3.63) is 23.8 Å². The molecule has 5 N–H and O–H groups in total. The lowest BCUT2D eigenvalue weighted by molar-refractivity contribution is -0.296. The Bertz CT molecular complexity index is 925. The normalized spacial score (nSPS) is 45.1. The van der Waals surface area contributed by atoms with E-state index in [1.165, 1.54) is 0 Å². The molecule has 2 aliphatic carbocycles. The number of fused-ring (bicyclic) bond motifs is 1. The van der Waals surface area contributed by atoms with Gasteiger partial charge in [-0.05, 0) is 43.1 Å². The van der Waals surface area contributed by atoms with Crippen LogP contribution in [0.25, 0.3) is 0 Å². The minimum Gasteiger partial charge on any atom is -0.450 e. The van der Waals surface area contributed by atoms with E-state index in [4.69, 9.17) is 14.2 Å². The molecule has 2 fully saturated rings. The van der Waals surface area contributed by atoms with E-state index in [9.17, 15) is 35.1 Å². The average molecular weight is 497 g/mol. The average Bonchev–Trinajstić information content (AvgIpc) is 3.07. The molecule has 0 radical (unpaired) electrons. The molecule has 9 atom stereocenters. The van der Waals surface area contributed by atoms with Gasteiger partial charge in [0, 0.05) is 5.41 Å². The Hall–Kier alpha value is -1.82. The molecule has 10 heteroatoms. The lowest BCUT2D eigenvalue weighted by atomic mass is 9.56. The maximum absolute atomic E-state index is 13.7. The predicted molar refractivity (Wildman–Crippen MR) is 120 cm³/mol. The Morgan fingerprint density at radius 1 is 1.11 bits per heavy atom. The number of aliphatic hydroxyl groups is 5. The predicted octanol–water partition coefficient (Wildman–Crippen LogP) is 0.0950. The fourth-order valence-electron chi connectivity index (χ4n) is 6.35. The topological polar surface area (TPSA) is 163 Å². The zero-order valence-corrected chi connectivity index (χ0v) is 20.3. The number of esters is 2. The Labute approximate surface area is 204 Å². The number of carbonyl (C=O) groups excluding carboxylic acids is 2. The van der Waals surface area contributed by atoms with Gasteiger partial charge in [-0.25, -0.2) is 4.79 Å². The van der Waals surface area contributed by atoms with Gasteiger partial charge in [0.1, 0.15) is 35.9 Å². The summed E-state index contributed by atoms with van der Waals surface area (Å²) < 4.78 is 16.9. The largest absolute Gasteiger partial charge is 0.450 e. The molecule has 0 unspecified atom stereocenters. The number of aliphatic hydroxyl groups excluding tert-OH is 5. The quantitative estimate of drug-likeness (QED) is 0.266. The summed E-state index contributed by atoms with van der Waals surface area (Å²) in [5.74, 6) is -2.44. The van der Waals surface area contributed by atoms with Crippen molar-refractivity contribution in [2.24, 2.45) is 16.7 Å². The van der Waals surface area contributed by atoms with Crippen molar-refractivity contribution in [2.45, 2.75) is 95.3 Å². The first kappa shape index (κ1) is 26.2. The van der Waals surface area contributed by atoms with E-state index in [-0.39, 0.29) is 5.57 Å². The van der Waals surface area contributed by atoms with Gasteiger partial charge in [-0.3, -0.25) is 4.79 Å². The van der Waals surface area contributed by atoms with Crippen LogP contribution in [0.1, 0.15) is 52.9 Å². The van der Waals surface area contributed by atoms with Crippen LogP contribution >= 0.6 is 0 Å². The fourth-order valence-corrected chi connectivity index (χ4v) is 6.35. The smallest absolute Gasteiger partial charge is 0.337 e. The summed E-state index contributed by atoms with van der Waals surface area (Å²) in [5.41, 5.74) is -1.95. The molecule has 4 rings (SSSR count). The molecule has 0 bridgehead atoms. The third-order valence-corrected chi connectivity index (χ3v) is 8.54. The minimum absolute atomic E-state index is 0.169. The first-order chi connectivity index (χ1) is 16.3.